The number of aromatic nitrogens is 2. The zero-order chi connectivity index (χ0) is 24.6. The first-order chi connectivity index (χ1) is 16.2. The lowest BCUT2D eigenvalue weighted by Crippen LogP contribution is -2.23. The SMILES string of the molecule is Cc1sc2nc(SCC(=O)Nc3ccc([N+](=O)[O-])cc3)n(-c3ccc(Cl)c(Cl)c3)c(=O)c2c1C. The maximum absolute atomic E-state index is 13.5. The van der Waals surface area contributed by atoms with Crippen molar-refractivity contribution in [1.82, 2.24) is 9.55 Å². The number of benzene rings is 2. The van der Waals surface area contributed by atoms with Gasteiger partial charge in [0.1, 0.15) is 4.83 Å². The van der Waals surface area contributed by atoms with Crippen LogP contribution in [0.4, 0.5) is 11.4 Å². The van der Waals surface area contributed by atoms with Gasteiger partial charge in [-0.2, -0.15) is 0 Å². The molecular formula is C22H16Cl2N4O4S2. The first-order valence-electron chi connectivity index (χ1n) is 9.81. The Hall–Kier alpha value is -2.92. The maximum atomic E-state index is 13.5. The van der Waals surface area contributed by atoms with Crippen molar-refractivity contribution in [3.8, 4) is 5.69 Å². The number of aryl methyl sites for hydroxylation is 2. The monoisotopic (exact) mass is 534 g/mol. The fourth-order valence-electron chi connectivity index (χ4n) is 3.22. The zero-order valence-electron chi connectivity index (χ0n) is 17.8. The van der Waals surface area contributed by atoms with Gasteiger partial charge < -0.3 is 5.32 Å². The lowest BCUT2D eigenvalue weighted by molar-refractivity contribution is -0.384. The number of thiophene rings is 1. The molecule has 4 aromatic rings. The number of nitro groups is 1. The highest BCUT2D eigenvalue weighted by Gasteiger charge is 2.19. The first kappa shape index (κ1) is 24.2. The highest BCUT2D eigenvalue weighted by atomic mass is 35.5. The van der Waals surface area contributed by atoms with Crippen molar-refractivity contribution < 1.29 is 9.72 Å². The highest BCUT2D eigenvalue weighted by molar-refractivity contribution is 7.99. The average molecular weight is 535 g/mol. The summed E-state index contributed by atoms with van der Waals surface area (Å²) in [6.07, 6.45) is 0. The number of hydrogen-bond acceptors (Lipinski definition) is 7. The minimum Gasteiger partial charge on any atom is -0.325 e. The number of non-ortho nitro benzene ring substituents is 1. The van der Waals surface area contributed by atoms with Crippen molar-refractivity contribution in [3.05, 3.63) is 83.4 Å². The molecule has 0 bridgehead atoms. The molecule has 0 aliphatic carbocycles. The number of thioether (sulfide) groups is 1. The number of hydrogen-bond donors (Lipinski definition) is 1. The van der Waals surface area contributed by atoms with Crippen molar-refractivity contribution >= 4 is 73.8 Å². The summed E-state index contributed by atoms with van der Waals surface area (Å²) in [7, 11) is 0. The summed E-state index contributed by atoms with van der Waals surface area (Å²) in [6, 6.07) is 10.4. The third-order valence-corrected chi connectivity index (χ3v) is 7.81. The van der Waals surface area contributed by atoms with Gasteiger partial charge in [-0.05, 0) is 49.7 Å². The quantitative estimate of drug-likeness (QED) is 0.140. The molecule has 34 heavy (non-hydrogen) atoms. The molecule has 2 aromatic heterocycles. The first-order valence-corrected chi connectivity index (χ1v) is 12.4. The Bertz CT molecular complexity index is 1500. The largest absolute Gasteiger partial charge is 0.325 e. The molecule has 0 fully saturated rings. The standard InChI is InChI=1S/C22H16Cl2N4O4S2/c1-11-12(2)34-20-19(11)21(30)27(15-7-8-16(23)17(24)9-15)22(26-20)33-10-18(29)25-13-3-5-14(6-4-13)28(31)32/h3-9H,10H2,1-2H3,(H,25,29). The van der Waals surface area contributed by atoms with Gasteiger partial charge in [-0.1, -0.05) is 35.0 Å². The highest BCUT2D eigenvalue weighted by Crippen LogP contribution is 2.31. The number of carbonyl (C=O) groups excluding carboxylic acids is 1. The van der Waals surface area contributed by atoms with Crippen LogP contribution in [0.3, 0.4) is 0 Å². The van der Waals surface area contributed by atoms with Gasteiger partial charge in [-0.15, -0.1) is 11.3 Å². The van der Waals surface area contributed by atoms with E-state index in [-0.39, 0.29) is 27.9 Å². The minimum atomic E-state index is -0.514. The van der Waals surface area contributed by atoms with Crippen LogP contribution in [-0.4, -0.2) is 26.1 Å². The molecule has 0 saturated heterocycles. The molecule has 12 heteroatoms. The van der Waals surface area contributed by atoms with E-state index in [9.17, 15) is 19.7 Å². The van der Waals surface area contributed by atoms with E-state index < -0.39 is 4.92 Å². The van der Waals surface area contributed by atoms with Crippen LogP contribution in [0.1, 0.15) is 10.4 Å². The Morgan fingerprint density at radius 1 is 1.18 bits per heavy atom. The van der Waals surface area contributed by atoms with Crippen molar-refractivity contribution in [3.63, 3.8) is 0 Å². The smallest absolute Gasteiger partial charge is 0.269 e. The molecule has 0 atom stereocenters. The number of nitrogens with zero attached hydrogens (tertiary/aromatic N) is 3. The summed E-state index contributed by atoms with van der Waals surface area (Å²) >= 11 is 14.8. The van der Waals surface area contributed by atoms with E-state index in [4.69, 9.17) is 23.2 Å². The van der Waals surface area contributed by atoms with Crippen LogP contribution in [0.15, 0.2) is 52.4 Å². The second kappa shape index (κ2) is 9.75. The summed E-state index contributed by atoms with van der Waals surface area (Å²) in [6.45, 7) is 3.80. The third-order valence-electron chi connectivity index (χ3n) is 5.03. The third kappa shape index (κ3) is 4.80. The average Bonchev–Trinajstić information content (AvgIpc) is 3.08. The molecule has 1 N–H and O–H groups in total. The minimum absolute atomic E-state index is 0.0421. The van der Waals surface area contributed by atoms with E-state index in [0.717, 1.165) is 22.2 Å². The number of halogens is 2. The fraction of sp³-hybridized carbons (Fsp3) is 0.136. The van der Waals surface area contributed by atoms with Gasteiger partial charge in [-0.25, -0.2) is 4.98 Å². The molecule has 0 aliphatic heterocycles. The zero-order valence-corrected chi connectivity index (χ0v) is 20.9. The van der Waals surface area contributed by atoms with Gasteiger partial charge in [0.2, 0.25) is 5.91 Å². The predicted octanol–water partition coefficient (Wildman–Crippen LogP) is 6.01. The van der Waals surface area contributed by atoms with Crippen molar-refractivity contribution in [1.29, 1.82) is 0 Å². The lowest BCUT2D eigenvalue weighted by Gasteiger charge is -2.13. The normalized spacial score (nSPS) is 11.1. The van der Waals surface area contributed by atoms with Crippen LogP contribution in [-0.2, 0) is 4.79 Å². The number of rotatable bonds is 6. The van der Waals surface area contributed by atoms with Crippen molar-refractivity contribution in [2.24, 2.45) is 0 Å². The van der Waals surface area contributed by atoms with Gasteiger partial charge in [-0.3, -0.25) is 24.3 Å². The van der Waals surface area contributed by atoms with E-state index in [1.807, 2.05) is 13.8 Å². The van der Waals surface area contributed by atoms with E-state index in [1.54, 1.807) is 18.2 Å². The molecule has 0 spiro atoms. The number of carbonyl (C=O) groups is 1. The van der Waals surface area contributed by atoms with Crippen LogP contribution < -0.4 is 10.9 Å². The van der Waals surface area contributed by atoms with E-state index in [2.05, 4.69) is 10.3 Å². The fourth-order valence-corrected chi connectivity index (χ4v) is 5.39. The molecule has 0 radical (unpaired) electrons. The van der Waals surface area contributed by atoms with E-state index >= 15 is 0 Å². The molecule has 0 saturated carbocycles. The second-order valence-corrected chi connectivity index (χ2v) is 10.2. The topological polar surface area (TPSA) is 107 Å². The molecule has 0 unspecified atom stereocenters. The molecule has 0 aliphatic rings. The number of nitro benzene ring substituents is 1. The molecule has 1 amide bonds. The summed E-state index contributed by atoms with van der Waals surface area (Å²) in [4.78, 5) is 42.6. The van der Waals surface area contributed by atoms with Gasteiger partial charge in [0.05, 0.1) is 31.8 Å². The Labute approximate surface area is 211 Å². The summed E-state index contributed by atoms with van der Waals surface area (Å²) < 4.78 is 1.42. The van der Waals surface area contributed by atoms with E-state index in [0.29, 0.717) is 31.8 Å². The van der Waals surface area contributed by atoms with Crippen molar-refractivity contribution in [2.45, 2.75) is 19.0 Å². The number of amides is 1. The summed E-state index contributed by atoms with van der Waals surface area (Å²) in [5, 5.41) is 15.0. The molecule has 2 aromatic carbocycles. The molecule has 8 nitrogen and oxygen atoms in total. The van der Waals surface area contributed by atoms with Crippen LogP contribution in [0.5, 0.6) is 0 Å². The molecular weight excluding hydrogens is 519 g/mol. The Kier molecular flexibility index (Phi) is 6.94. The number of anilines is 1. The second-order valence-electron chi connectivity index (χ2n) is 7.24. The number of fused-ring (bicyclic) bond motifs is 1. The molecule has 2 heterocycles. The Balaban J connectivity index is 1.67. The van der Waals surface area contributed by atoms with Crippen LogP contribution in [0.25, 0.3) is 15.9 Å². The Morgan fingerprint density at radius 3 is 2.53 bits per heavy atom. The summed E-state index contributed by atoms with van der Waals surface area (Å²) in [5.74, 6) is -0.396. The number of nitrogens with one attached hydrogen (secondary N) is 1. The lowest BCUT2D eigenvalue weighted by atomic mass is 10.2. The van der Waals surface area contributed by atoms with Crippen molar-refractivity contribution in [2.75, 3.05) is 11.1 Å². The van der Waals surface area contributed by atoms with Gasteiger partial charge in [0, 0.05) is 22.7 Å². The van der Waals surface area contributed by atoms with Gasteiger partial charge in [0.25, 0.3) is 11.2 Å². The predicted molar refractivity (Wildman–Crippen MR) is 137 cm³/mol. The molecule has 4 rings (SSSR count). The van der Waals surface area contributed by atoms with Crippen LogP contribution in [0.2, 0.25) is 10.0 Å². The van der Waals surface area contributed by atoms with Gasteiger partial charge in [0.15, 0.2) is 5.16 Å². The molecule has 174 valence electrons. The van der Waals surface area contributed by atoms with Crippen LogP contribution >= 0.6 is 46.3 Å². The maximum Gasteiger partial charge on any atom is 0.269 e. The Morgan fingerprint density at radius 2 is 1.88 bits per heavy atom. The van der Waals surface area contributed by atoms with Gasteiger partial charge >= 0.3 is 0 Å². The van der Waals surface area contributed by atoms with E-state index in [1.165, 1.54) is 40.2 Å². The summed E-state index contributed by atoms with van der Waals surface area (Å²) in [5.41, 5.74) is 1.43. The van der Waals surface area contributed by atoms with Crippen LogP contribution in [0, 0.1) is 24.0 Å².